The second kappa shape index (κ2) is 1.89. The van der Waals surface area contributed by atoms with Gasteiger partial charge in [-0.05, 0) is 0 Å². The third-order valence-electron chi connectivity index (χ3n) is 0.561. The Morgan fingerprint density at radius 1 is 1.29 bits per heavy atom. The van der Waals surface area contributed by atoms with Crippen LogP contribution in [-0.2, 0) is 0 Å². The molecular weight excluding hydrogens is 116 g/mol. The first-order valence-corrected chi connectivity index (χ1v) is 2.95. The molecular formula is C2H8O4Si. The summed E-state index contributed by atoms with van der Waals surface area (Å²) in [5.41, 5.74) is -1.40. The van der Waals surface area contributed by atoms with Crippen molar-refractivity contribution in [2.45, 2.75) is 11.7 Å². The topological polar surface area (TPSA) is 80.9 Å². The van der Waals surface area contributed by atoms with Crippen LogP contribution in [0.1, 0.15) is 0 Å². The molecule has 0 rings (SSSR count). The van der Waals surface area contributed by atoms with Crippen LogP contribution in [0.5, 0.6) is 0 Å². The van der Waals surface area contributed by atoms with E-state index in [0.717, 1.165) is 0 Å². The zero-order valence-electron chi connectivity index (χ0n) is 3.87. The molecule has 0 saturated heterocycles. The molecule has 0 bridgehead atoms. The molecule has 0 aromatic heterocycles. The summed E-state index contributed by atoms with van der Waals surface area (Å²) >= 11 is 0. The van der Waals surface area contributed by atoms with E-state index in [0.29, 0.717) is 0 Å². The van der Waals surface area contributed by atoms with Gasteiger partial charge in [-0.2, -0.15) is 0 Å². The number of hydrogen-bond acceptors (Lipinski definition) is 4. The quantitative estimate of drug-likeness (QED) is 0.214. The van der Waals surface area contributed by atoms with Crippen LogP contribution < -0.4 is 0 Å². The highest BCUT2D eigenvalue weighted by Crippen LogP contribution is 1.94. The van der Waals surface area contributed by atoms with E-state index in [4.69, 9.17) is 20.4 Å². The fourth-order valence-corrected chi connectivity index (χ4v) is 0. The highest BCUT2D eigenvalue weighted by molar-refractivity contribution is 6.11. The Morgan fingerprint density at radius 2 is 1.43 bits per heavy atom. The molecule has 44 valence electrons. The molecule has 0 aromatic carbocycles. The van der Waals surface area contributed by atoms with E-state index in [1.165, 1.54) is 0 Å². The van der Waals surface area contributed by atoms with Crippen molar-refractivity contribution in [3.8, 4) is 0 Å². The number of hydrogen-bond donors (Lipinski definition) is 4. The molecule has 1 unspecified atom stereocenters. The minimum Gasteiger partial charge on any atom is -0.389 e. The zero-order valence-corrected chi connectivity index (χ0v) is 5.87. The Hall–Kier alpha value is 0.0569. The molecule has 0 saturated carbocycles. The lowest BCUT2D eigenvalue weighted by Crippen LogP contribution is -2.41. The highest BCUT2D eigenvalue weighted by atomic mass is 28.1. The van der Waals surface area contributed by atoms with Crippen LogP contribution in [0.2, 0.25) is 0 Å². The molecule has 0 heterocycles. The van der Waals surface area contributed by atoms with E-state index < -0.39 is 11.7 Å². The first kappa shape index (κ1) is 7.06. The van der Waals surface area contributed by atoms with Gasteiger partial charge in [0.2, 0.25) is 0 Å². The Morgan fingerprint density at radius 3 is 1.43 bits per heavy atom. The fraction of sp³-hybridized carbons (Fsp3) is 1.00. The average molecular weight is 124 g/mol. The number of aliphatic hydroxyl groups is 4. The molecule has 5 heteroatoms. The molecule has 0 fully saturated rings. The van der Waals surface area contributed by atoms with E-state index in [1.807, 2.05) is 0 Å². The third kappa shape index (κ3) is 2.72. The Kier molecular flexibility index (Phi) is 1.90. The molecule has 0 aliphatic rings. The summed E-state index contributed by atoms with van der Waals surface area (Å²) in [6.45, 7) is 0. The van der Waals surface area contributed by atoms with Gasteiger partial charge in [0.05, 0.1) is 0 Å². The van der Waals surface area contributed by atoms with Gasteiger partial charge in [0.1, 0.15) is 5.73 Å². The summed E-state index contributed by atoms with van der Waals surface area (Å²) in [5.74, 6) is -2.88. The van der Waals surface area contributed by atoms with Crippen molar-refractivity contribution >= 4 is 10.2 Å². The molecule has 1 atom stereocenters. The SMILES string of the molecule is OC([SiH3])C(O)(O)O. The van der Waals surface area contributed by atoms with Gasteiger partial charge in [-0.1, -0.05) is 0 Å². The molecule has 7 heavy (non-hydrogen) atoms. The summed E-state index contributed by atoms with van der Waals surface area (Å²) in [5, 5.41) is 32.2. The van der Waals surface area contributed by atoms with Gasteiger partial charge in [-0.15, -0.1) is 0 Å². The largest absolute Gasteiger partial charge is 0.389 e. The van der Waals surface area contributed by atoms with Crippen LogP contribution in [-0.4, -0.2) is 42.4 Å². The second-order valence-electron chi connectivity index (χ2n) is 1.36. The van der Waals surface area contributed by atoms with E-state index >= 15 is 0 Å². The lowest BCUT2D eigenvalue weighted by molar-refractivity contribution is -0.337. The number of rotatable bonds is 1. The minimum atomic E-state index is -2.88. The lowest BCUT2D eigenvalue weighted by atomic mass is 10.6. The standard InChI is InChI=1S/C2H8O4Si/c3-1(7)2(4,5)6/h1,3-6H,7H3. The van der Waals surface area contributed by atoms with Gasteiger partial charge in [-0.3, -0.25) is 0 Å². The van der Waals surface area contributed by atoms with Gasteiger partial charge in [0, 0.05) is 10.2 Å². The smallest absolute Gasteiger partial charge is 0.298 e. The van der Waals surface area contributed by atoms with Crippen LogP contribution in [0.3, 0.4) is 0 Å². The van der Waals surface area contributed by atoms with Gasteiger partial charge >= 0.3 is 0 Å². The van der Waals surface area contributed by atoms with E-state index in [1.54, 1.807) is 0 Å². The van der Waals surface area contributed by atoms with Crippen LogP contribution in [0.25, 0.3) is 0 Å². The molecule has 0 aliphatic heterocycles. The second-order valence-corrected chi connectivity index (χ2v) is 2.46. The van der Waals surface area contributed by atoms with Gasteiger partial charge < -0.3 is 20.4 Å². The fourth-order valence-electron chi connectivity index (χ4n) is 0. The average Bonchev–Trinajstić information content (AvgIpc) is 1.31. The zero-order chi connectivity index (χ0) is 6.08. The molecule has 0 amide bonds. The van der Waals surface area contributed by atoms with Crippen molar-refractivity contribution in [3.05, 3.63) is 0 Å². The van der Waals surface area contributed by atoms with Gasteiger partial charge in [-0.25, -0.2) is 0 Å². The van der Waals surface area contributed by atoms with Gasteiger partial charge in [0.25, 0.3) is 5.97 Å². The van der Waals surface area contributed by atoms with Crippen molar-refractivity contribution in [3.63, 3.8) is 0 Å². The van der Waals surface area contributed by atoms with Crippen LogP contribution >= 0.6 is 0 Å². The predicted octanol–water partition coefficient (Wildman–Crippen LogP) is -3.70. The summed E-state index contributed by atoms with van der Waals surface area (Å²) < 4.78 is 0. The highest BCUT2D eigenvalue weighted by Gasteiger charge is 2.24. The maximum atomic E-state index is 8.20. The van der Waals surface area contributed by atoms with E-state index in [2.05, 4.69) is 0 Å². The predicted molar refractivity (Wildman–Crippen MR) is 25.3 cm³/mol. The molecule has 4 N–H and O–H groups in total. The lowest BCUT2D eigenvalue weighted by Gasteiger charge is -2.15. The molecule has 0 aliphatic carbocycles. The summed E-state index contributed by atoms with van der Waals surface area (Å²) in [4.78, 5) is 0. The van der Waals surface area contributed by atoms with E-state index in [9.17, 15) is 0 Å². The molecule has 4 nitrogen and oxygen atoms in total. The number of aliphatic hydroxyl groups excluding tert-OH is 1. The summed E-state index contributed by atoms with van der Waals surface area (Å²) in [6, 6.07) is 0. The van der Waals surface area contributed by atoms with Crippen LogP contribution in [0.15, 0.2) is 0 Å². The molecule has 0 spiro atoms. The normalized spacial score (nSPS) is 17.1. The van der Waals surface area contributed by atoms with Crippen molar-refractivity contribution in [2.24, 2.45) is 0 Å². The monoisotopic (exact) mass is 124 g/mol. The van der Waals surface area contributed by atoms with Crippen LogP contribution in [0.4, 0.5) is 0 Å². The van der Waals surface area contributed by atoms with Gasteiger partial charge in [0.15, 0.2) is 0 Å². The van der Waals surface area contributed by atoms with Crippen molar-refractivity contribution in [1.29, 1.82) is 0 Å². The third-order valence-corrected chi connectivity index (χ3v) is 1.34. The van der Waals surface area contributed by atoms with Crippen molar-refractivity contribution in [2.75, 3.05) is 0 Å². The maximum absolute atomic E-state index is 8.20. The van der Waals surface area contributed by atoms with Crippen molar-refractivity contribution < 1.29 is 20.4 Å². The van der Waals surface area contributed by atoms with Crippen molar-refractivity contribution in [1.82, 2.24) is 0 Å². The molecule has 0 radical (unpaired) electrons. The Balaban J connectivity index is 3.54. The minimum absolute atomic E-state index is 0.133. The molecule has 0 aromatic rings. The van der Waals surface area contributed by atoms with E-state index in [-0.39, 0.29) is 10.2 Å². The van der Waals surface area contributed by atoms with Crippen LogP contribution in [0, 0.1) is 0 Å². The summed E-state index contributed by atoms with van der Waals surface area (Å²) in [6.07, 6.45) is 0. The first-order valence-electron chi connectivity index (χ1n) is 1.80. The summed E-state index contributed by atoms with van der Waals surface area (Å²) in [7, 11) is 0.133. The Bertz CT molecular complexity index is 55.2. The Labute approximate surface area is 43.5 Å². The first-order chi connectivity index (χ1) is 2.94. The maximum Gasteiger partial charge on any atom is 0.298 e.